The Kier molecular flexibility index (Phi) is 3.96. The standard InChI is InChI=1S/C8H14O2/c1-4-5-7(9)8(10)6(2)3/h4,6-7,9H,1,5H2,2-3H3/t7-/m0/s1. The first-order valence-corrected chi connectivity index (χ1v) is 3.42. The van der Waals surface area contributed by atoms with Crippen LogP contribution in [0.4, 0.5) is 0 Å². The van der Waals surface area contributed by atoms with Crippen LogP contribution in [0.2, 0.25) is 0 Å². The quantitative estimate of drug-likeness (QED) is 0.598. The van der Waals surface area contributed by atoms with Crippen molar-refractivity contribution in [3.05, 3.63) is 12.7 Å². The minimum Gasteiger partial charge on any atom is -0.385 e. The Morgan fingerprint density at radius 1 is 1.70 bits per heavy atom. The van der Waals surface area contributed by atoms with Crippen LogP contribution in [-0.4, -0.2) is 17.0 Å². The highest BCUT2D eigenvalue weighted by molar-refractivity contribution is 5.84. The van der Waals surface area contributed by atoms with E-state index in [1.54, 1.807) is 19.9 Å². The van der Waals surface area contributed by atoms with E-state index in [1.165, 1.54) is 0 Å². The summed E-state index contributed by atoms with van der Waals surface area (Å²) >= 11 is 0. The van der Waals surface area contributed by atoms with Gasteiger partial charge in [0, 0.05) is 5.92 Å². The molecule has 10 heavy (non-hydrogen) atoms. The molecule has 0 unspecified atom stereocenters. The molecule has 0 saturated carbocycles. The summed E-state index contributed by atoms with van der Waals surface area (Å²) < 4.78 is 0. The molecule has 0 radical (unpaired) electrons. The predicted octanol–water partition coefficient (Wildman–Crippen LogP) is 1.15. The van der Waals surface area contributed by atoms with Crippen LogP contribution < -0.4 is 0 Å². The molecule has 0 fully saturated rings. The van der Waals surface area contributed by atoms with Gasteiger partial charge in [0.15, 0.2) is 5.78 Å². The highest BCUT2D eigenvalue weighted by Gasteiger charge is 2.15. The average Bonchev–Trinajstić information content (AvgIpc) is 1.87. The topological polar surface area (TPSA) is 37.3 Å². The number of carbonyl (C=O) groups excluding carboxylic acids is 1. The van der Waals surface area contributed by atoms with Crippen molar-refractivity contribution < 1.29 is 9.90 Å². The Morgan fingerprint density at radius 2 is 2.20 bits per heavy atom. The molecule has 2 heteroatoms. The molecule has 0 aliphatic heterocycles. The number of carbonyl (C=O) groups is 1. The lowest BCUT2D eigenvalue weighted by Gasteiger charge is -2.08. The van der Waals surface area contributed by atoms with Gasteiger partial charge in [-0.25, -0.2) is 0 Å². The van der Waals surface area contributed by atoms with E-state index in [0.717, 1.165) is 0 Å². The molecular formula is C8H14O2. The Hall–Kier alpha value is -0.630. The minimum absolute atomic E-state index is 0.0880. The molecule has 0 aliphatic carbocycles. The lowest BCUT2D eigenvalue weighted by Crippen LogP contribution is -2.24. The van der Waals surface area contributed by atoms with Gasteiger partial charge in [0.1, 0.15) is 6.10 Å². The molecular weight excluding hydrogens is 128 g/mol. The van der Waals surface area contributed by atoms with Gasteiger partial charge in [0.2, 0.25) is 0 Å². The molecule has 1 atom stereocenters. The maximum Gasteiger partial charge on any atom is 0.164 e. The highest BCUT2D eigenvalue weighted by Crippen LogP contribution is 2.02. The van der Waals surface area contributed by atoms with Crippen molar-refractivity contribution in [1.82, 2.24) is 0 Å². The smallest absolute Gasteiger partial charge is 0.164 e. The largest absolute Gasteiger partial charge is 0.385 e. The van der Waals surface area contributed by atoms with E-state index in [9.17, 15) is 4.79 Å². The van der Waals surface area contributed by atoms with E-state index in [0.29, 0.717) is 6.42 Å². The van der Waals surface area contributed by atoms with Gasteiger partial charge in [-0.1, -0.05) is 19.9 Å². The lowest BCUT2D eigenvalue weighted by atomic mass is 10.0. The molecule has 0 bridgehead atoms. The van der Waals surface area contributed by atoms with E-state index >= 15 is 0 Å². The van der Waals surface area contributed by atoms with E-state index in [2.05, 4.69) is 6.58 Å². The van der Waals surface area contributed by atoms with Crippen molar-refractivity contribution >= 4 is 5.78 Å². The first kappa shape index (κ1) is 9.37. The molecule has 58 valence electrons. The lowest BCUT2D eigenvalue weighted by molar-refractivity contribution is -0.129. The van der Waals surface area contributed by atoms with Crippen molar-refractivity contribution in [1.29, 1.82) is 0 Å². The van der Waals surface area contributed by atoms with Crippen LogP contribution >= 0.6 is 0 Å². The summed E-state index contributed by atoms with van der Waals surface area (Å²) in [5, 5.41) is 9.07. The van der Waals surface area contributed by atoms with Crippen LogP contribution in [0.5, 0.6) is 0 Å². The summed E-state index contributed by atoms with van der Waals surface area (Å²) in [6.07, 6.45) is 1.06. The number of aliphatic hydroxyl groups excluding tert-OH is 1. The number of aliphatic hydroxyl groups is 1. The van der Waals surface area contributed by atoms with Gasteiger partial charge in [-0.3, -0.25) is 4.79 Å². The first-order chi connectivity index (χ1) is 4.59. The zero-order valence-corrected chi connectivity index (χ0v) is 6.50. The zero-order chi connectivity index (χ0) is 8.15. The fourth-order valence-corrected chi connectivity index (χ4v) is 0.659. The van der Waals surface area contributed by atoms with Gasteiger partial charge < -0.3 is 5.11 Å². The fourth-order valence-electron chi connectivity index (χ4n) is 0.659. The molecule has 0 aromatic carbocycles. The minimum atomic E-state index is -0.850. The average molecular weight is 142 g/mol. The van der Waals surface area contributed by atoms with Gasteiger partial charge >= 0.3 is 0 Å². The SMILES string of the molecule is C=CC[C@H](O)C(=O)C(C)C. The molecule has 0 rings (SSSR count). The summed E-state index contributed by atoms with van der Waals surface area (Å²) in [5.74, 6) is -0.199. The van der Waals surface area contributed by atoms with Crippen LogP contribution in [0.1, 0.15) is 20.3 Å². The number of Topliss-reactive ketones (excluding diaryl/α,β-unsaturated/α-hetero) is 1. The number of hydrogen-bond acceptors (Lipinski definition) is 2. The second-order valence-corrected chi connectivity index (χ2v) is 2.60. The first-order valence-electron chi connectivity index (χ1n) is 3.42. The van der Waals surface area contributed by atoms with Gasteiger partial charge in [0.25, 0.3) is 0 Å². The molecule has 1 N–H and O–H groups in total. The van der Waals surface area contributed by atoms with Gasteiger partial charge in [0.05, 0.1) is 0 Å². The van der Waals surface area contributed by atoms with Crippen molar-refractivity contribution in [2.24, 2.45) is 5.92 Å². The maximum atomic E-state index is 10.9. The Balaban J connectivity index is 3.81. The van der Waals surface area contributed by atoms with Crippen LogP contribution in [0.3, 0.4) is 0 Å². The second-order valence-electron chi connectivity index (χ2n) is 2.60. The molecule has 0 aromatic rings. The molecule has 0 spiro atoms. The summed E-state index contributed by atoms with van der Waals surface area (Å²) in [6, 6.07) is 0. The Bertz CT molecular complexity index is 127. The molecule has 0 saturated heterocycles. The Morgan fingerprint density at radius 3 is 2.50 bits per heavy atom. The number of ketones is 1. The molecule has 0 heterocycles. The van der Waals surface area contributed by atoms with E-state index in [4.69, 9.17) is 5.11 Å². The van der Waals surface area contributed by atoms with Crippen LogP contribution in [0.25, 0.3) is 0 Å². The second kappa shape index (κ2) is 4.23. The zero-order valence-electron chi connectivity index (χ0n) is 6.50. The van der Waals surface area contributed by atoms with Gasteiger partial charge in [-0.2, -0.15) is 0 Å². The van der Waals surface area contributed by atoms with E-state index in [-0.39, 0.29) is 11.7 Å². The summed E-state index contributed by atoms with van der Waals surface area (Å²) in [5.41, 5.74) is 0. The normalized spacial score (nSPS) is 13.2. The summed E-state index contributed by atoms with van der Waals surface area (Å²) in [7, 11) is 0. The van der Waals surface area contributed by atoms with Crippen molar-refractivity contribution in [3.63, 3.8) is 0 Å². The molecule has 0 aromatic heterocycles. The molecule has 0 aliphatic rings. The third-order valence-corrected chi connectivity index (χ3v) is 1.29. The third kappa shape index (κ3) is 2.78. The fraction of sp³-hybridized carbons (Fsp3) is 0.625. The van der Waals surface area contributed by atoms with Crippen molar-refractivity contribution in [2.75, 3.05) is 0 Å². The predicted molar refractivity (Wildman–Crippen MR) is 40.7 cm³/mol. The number of rotatable bonds is 4. The third-order valence-electron chi connectivity index (χ3n) is 1.29. The highest BCUT2D eigenvalue weighted by atomic mass is 16.3. The van der Waals surface area contributed by atoms with Crippen molar-refractivity contribution in [2.45, 2.75) is 26.4 Å². The van der Waals surface area contributed by atoms with E-state index in [1.807, 2.05) is 0 Å². The maximum absolute atomic E-state index is 10.9. The summed E-state index contributed by atoms with van der Waals surface area (Å²) in [6.45, 7) is 6.98. The molecule has 0 amide bonds. The monoisotopic (exact) mass is 142 g/mol. The van der Waals surface area contributed by atoms with Crippen LogP contribution in [-0.2, 0) is 4.79 Å². The molecule has 2 nitrogen and oxygen atoms in total. The van der Waals surface area contributed by atoms with Crippen LogP contribution in [0, 0.1) is 5.92 Å². The summed E-state index contributed by atoms with van der Waals surface area (Å²) in [4.78, 5) is 10.9. The van der Waals surface area contributed by atoms with Gasteiger partial charge in [-0.05, 0) is 6.42 Å². The van der Waals surface area contributed by atoms with Crippen molar-refractivity contribution in [3.8, 4) is 0 Å². The van der Waals surface area contributed by atoms with Gasteiger partial charge in [-0.15, -0.1) is 6.58 Å². The Labute approximate surface area is 61.6 Å². The van der Waals surface area contributed by atoms with E-state index < -0.39 is 6.10 Å². The number of hydrogen-bond donors (Lipinski definition) is 1. The van der Waals surface area contributed by atoms with Crippen LogP contribution in [0.15, 0.2) is 12.7 Å².